The van der Waals surface area contributed by atoms with E-state index in [1.165, 1.54) is 0 Å². The molecule has 1 unspecified atom stereocenters. The average molecular weight is 296 g/mol. The van der Waals surface area contributed by atoms with Gasteiger partial charge in [0.25, 0.3) is 0 Å². The minimum Gasteiger partial charge on any atom is -0.342 e. The van der Waals surface area contributed by atoms with E-state index < -0.39 is 0 Å². The van der Waals surface area contributed by atoms with Crippen LogP contribution in [0.4, 0.5) is 0 Å². The molecular weight excluding hydrogens is 274 g/mol. The summed E-state index contributed by atoms with van der Waals surface area (Å²) in [5.41, 5.74) is 0.524. The molecule has 1 aliphatic rings. The molecule has 1 fully saturated rings. The van der Waals surface area contributed by atoms with Crippen LogP contribution in [0, 0.1) is 11.3 Å². The zero-order chi connectivity index (χ0) is 14.8. The third-order valence-corrected chi connectivity index (χ3v) is 3.97. The molecule has 1 aromatic heterocycles. The Morgan fingerprint density at radius 1 is 1.40 bits per heavy atom. The first-order valence-electron chi connectivity index (χ1n) is 7.12. The fourth-order valence-electron chi connectivity index (χ4n) is 2.65. The van der Waals surface area contributed by atoms with Crippen molar-refractivity contribution < 1.29 is 4.79 Å². The molecule has 0 N–H and O–H groups in total. The predicted molar refractivity (Wildman–Crippen MR) is 79.5 cm³/mol. The van der Waals surface area contributed by atoms with Gasteiger partial charge >= 0.3 is 0 Å². The lowest BCUT2D eigenvalue weighted by Gasteiger charge is -2.36. The van der Waals surface area contributed by atoms with Gasteiger partial charge in [-0.25, -0.2) is 4.98 Å². The smallest absolute Gasteiger partial charge is 0.227 e. The van der Waals surface area contributed by atoms with Crippen LogP contribution in [0.3, 0.4) is 0 Å². The van der Waals surface area contributed by atoms with Crippen molar-refractivity contribution in [1.82, 2.24) is 14.9 Å². The number of rotatable bonds is 2. The van der Waals surface area contributed by atoms with E-state index in [0.717, 1.165) is 38.0 Å². The zero-order valence-electron chi connectivity index (χ0n) is 12.4. The van der Waals surface area contributed by atoms with Crippen molar-refractivity contribution in [2.24, 2.45) is 11.3 Å². The van der Waals surface area contributed by atoms with E-state index >= 15 is 0 Å². The summed E-state index contributed by atoms with van der Waals surface area (Å²) in [5, 5.41) is 0.478. The summed E-state index contributed by atoms with van der Waals surface area (Å²) >= 11 is 6.06. The van der Waals surface area contributed by atoms with Crippen LogP contribution >= 0.6 is 11.6 Å². The van der Waals surface area contributed by atoms with Gasteiger partial charge in [-0.15, -0.1) is 0 Å². The van der Waals surface area contributed by atoms with Crippen LogP contribution in [0.5, 0.6) is 0 Å². The lowest BCUT2D eigenvalue weighted by atomic mass is 9.89. The summed E-state index contributed by atoms with van der Waals surface area (Å²) in [6.07, 6.45) is 6.22. The van der Waals surface area contributed by atoms with Crippen LogP contribution in [0.25, 0.3) is 0 Å². The standard InChI is InChI=1S/C15H22ClN3O/c1-15(2,3)14(20)19-8-4-5-11(10-19)9-12-13(16)18-7-6-17-12/h6-7,11H,4-5,8-10H2,1-3H3. The number of likely N-dealkylation sites (tertiary alicyclic amines) is 1. The topological polar surface area (TPSA) is 46.1 Å². The third kappa shape index (κ3) is 3.69. The van der Waals surface area contributed by atoms with E-state index in [-0.39, 0.29) is 11.3 Å². The van der Waals surface area contributed by atoms with Gasteiger partial charge in [-0.05, 0) is 25.2 Å². The quantitative estimate of drug-likeness (QED) is 0.843. The van der Waals surface area contributed by atoms with Crippen LogP contribution in [0.1, 0.15) is 39.3 Å². The van der Waals surface area contributed by atoms with Gasteiger partial charge in [-0.1, -0.05) is 32.4 Å². The molecule has 0 spiro atoms. The van der Waals surface area contributed by atoms with Gasteiger partial charge in [0, 0.05) is 30.9 Å². The van der Waals surface area contributed by atoms with E-state index in [0.29, 0.717) is 11.1 Å². The normalized spacial score (nSPS) is 20.0. The minimum atomic E-state index is -0.313. The van der Waals surface area contributed by atoms with Crippen LogP contribution in [0.15, 0.2) is 12.4 Å². The second-order valence-corrected chi connectivity index (χ2v) is 6.87. The average Bonchev–Trinajstić information content (AvgIpc) is 2.40. The van der Waals surface area contributed by atoms with E-state index in [1.54, 1.807) is 12.4 Å². The highest BCUT2D eigenvalue weighted by molar-refractivity contribution is 6.29. The number of hydrogen-bond acceptors (Lipinski definition) is 3. The van der Waals surface area contributed by atoms with Crippen molar-refractivity contribution in [2.75, 3.05) is 13.1 Å². The Hall–Kier alpha value is -1.16. The van der Waals surface area contributed by atoms with E-state index in [2.05, 4.69) is 9.97 Å². The fraction of sp³-hybridized carbons (Fsp3) is 0.667. The highest BCUT2D eigenvalue weighted by Crippen LogP contribution is 2.26. The summed E-state index contributed by atoms with van der Waals surface area (Å²) in [7, 11) is 0. The van der Waals surface area contributed by atoms with E-state index in [9.17, 15) is 4.79 Å². The summed E-state index contributed by atoms with van der Waals surface area (Å²) in [6.45, 7) is 7.57. The maximum absolute atomic E-state index is 12.4. The van der Waals surface area contributed by atoms with Crippen LogP contribution in [0.2, 0.25) is 5.15 Å². The van der Waals surface area contributed by atoms with Crippen molar-refractivity contribution in [3.63, 3.8) is 0 Å². The largest absolute Gasteiger partial charge is 0.342 e. The second kappa shape index (κ2) is 6.08. The molecule has 5 heteroatoms. The van der Waals surface area contributed by atoms with Crippen molar-refractivity contribution >= 4 is 17.5 Å². The molecule has 2 rings (SSSR count). The van der Waals surface area contributed by atoms with Crippen molar-refractivity contribution in [2.45, 2.75) is 40.0 Å². The van der Waals surface area contributed by atoms with Gasteiger partial charge in [-0.2, -0.15) is 0 Å². The first kappa shape index (κ1) is 15.2. The lowest BCUT2D eigenvalue weighted by Crippen LogP contribution is -2.45. The van der Waals surface area contributed by atoms with Crippen LogP contribution in [-0.2, 0) is 11.2 Å². The molecule has 2 heterocycles. The molecule has 0 saturated carbocycles. The molecule has 0 bridgehead atoms. The molecular formula is C15H22ClN3O. The van der Waals surface area contributed by atoms with Gasteiger partial charge in [0.1, 0.15) is 5.15 Å². The Kier molecular flexibility index (Phi) is 4.63. The second-order valence-electron chi connectivity index (χ2n) is 6.51. The number of aromatic nitrogens is 2. The number of halogens is 1. The Morgan fingerprint density at radius 2 is 2.10 bits per heavy atom. The number of piperidine rings is 1. The highest BCUT2D eigenvalue weighted by atomic mass is 35.5. The molecule has 20 heavy (non-hydrogen) atoms. The zero-order valence-corrected chi connectivity index (χ0v) is 13.2. The Labute approximate surface area is 125 Å². The molecule has 0 radical (unpaired) electrons. The maximum atomic E-state index is 12.4. The number of amides is 1. The van der Waals surface area contributed by atoms with E-state index in [1.807, 2.05) is 25.7 Å². The SMILES string of the molecule is CC(C)(C)C(=O)N1CCCC(Cc2nccnc2Cl)C1. The molecule has 4 nitrogen and oxygen atoms in total. The third-order valence-electron chi connectivity index (χ3n) is 3.65. The highest BCUT2D eigenvalue weighted by Gasteiger charge is 2.31. The monoisotopic (exact) mass is 295 g/mol. The van der Waals surface area contributed by atoms with Gasteiger partial charge in [0.05, 0.1) is 5.69 Å². The number of nitrogens with zero attached hydrogens (tertiary/aromatic N) is 3. The minimum absolute atomic E-state index is 0.229. The first-order chi connectivity index (χ1) is 9.38. The molecule has 1 atom stereocenters. The molecule has 0 aromatic carbocycles. The molecule has 1 saturated heterocycles. The first-order valence-corrected chi connectivity index (χ1v) is 7.50. The van der Waals surface area contributed by atoms with Crippen LogP contribution < -0.4 is 0 Å². The van der Waals surface area contributed by atoms with Crippen molar-refractivity contribution in [3.05, 3.63) is 23.2 Å². The number of carbonyl (C=O) groups excluding carboxylic acids is 1. The van der Waals surface area contributed by atoms with Crippen molar-refractivity contribution in [1.29, 1.82) is 0 Å². The number of hydrogen-bond donors (Lipinski definition) is 0. The molecule has 1 aliphatic heterocycles. The molecule has 0 aliphatic carbocycles. The van der Waals surface area contributed by atoms with Gasteiger partial charge in [-0.3, -0.25) is 9.78 Å². The fourth-order valence-corrected chi connectivity index (χ4v) is 2.83. The maximum Gasteiger partial charge on any atom is 0.227 e. The van der Waals surface area contributed by atoms with Gasteiger partial charge in [0.15, 0.2) is 0 Å². The predicted octanol–water partition coefficient (Wildman–Crippen LogP) is 2.96. The summed E-state index contributed by atoms with van der Waals surface area (Å²) in [5.74, 6) is 0.650. The lowest BCUT2D eigenvalue weighted by molar-refractivity contribution is -0.141. The Morgan fingerprint density at radius 3 is 2.75 bits per heavy atom. The summed E-state index contributed by atoms with van der Waals surface area (Å²) in [6, 6.07) is 0. The van der Waals surface area contributed by atoms with Gasteiger partial charge < -0.3 is 4.90 Å². The molecule has 1 aromatic rings. The van der Waals surface area contributed by atoms with Crippen molar-refractivity contribution in [3.8, 4) is 0 Å². The summed E-state index contributed by atoms with van der Waals surface area (Å²) < 4.78 is 0. The number of carbonyl (C=O) groups is 1. The van der Waals surface area contributed by atoms with E-state index in [4.69, 9.17) is 11.6 Å². The van der Waals surface area contributed by atoms with Crippen LogP contribution in [-0.4, -0.2) is 33.9 Å². The molecule has 1 amide bonds. The van der Waals surface area contributed by atoms with Gasteiger partial charge in [0.2, 0.25) is 5.91 Å². The Bertz CT molecular complexity index is 484. The Balaban J connectivity index is 2.01. The molecule has 110 valence electrons. The summed E-state index contributed by atoms with van der Waals surface area (Å²) in [4.78, 5) is 22.7.